The molecule has 0 saturated carbocycles. The zero-order valence-corrected chi connectivity index (χ0v) is 18.2. The van der Waals surface area contributed by atoms with Crippen LogP contribution in [0.1, 0.15) is 28.8 Å². The minimum atomic E-state index is 0.742. The first kappa shape index (κ1) is 19.7. The maximum atomic E-state index is 4.81. The third-order valence-electron chi connectivity index (χ3n) is 4.75. The maximum absolute atomic E-state index is 4.81. The summed E-state index contributed by atoms with van der Waals surface area (Å²) in [6, 6.07) is 10.3. The van der Waals surface area contributed by atoms with E-state index in [0.29, 0.717) is 0 Å². The van der Waals surface area contributed by atoms with E-state index in [-0.39, 0.29) is 0 Å². The van der Waals surface area contributed by atoms with Gasteiger partial charge in [-0.15, -0.1) is 22.7 Å². The van der Waals surface area contributed by atoms with Crippen molar-refractivity contribution >= 4 is 28.6 Å². The molecule has 0 fully saturated rings. The molecule has 0 atom stereocenters. The Morgan fingerprint density at radius 1 is 1.03 bits per heavy atom. The number of aromatic nitrogens is 4. The molecular weight excluding hydrogens is 398 g/mol. The number of hydrogen-bond donors (Lipinski definition) is 0. The first-order chi connectivity index (χ1) is 14.2. The van der Waals surface area contributed by atoms with Crippen molar-refractivity contribution < 1.29 is 0 Å². The number of hydrogen-bond acceptors (Lipinski definition) is 7. The highest BCUT2D eigenvalue weighted by Crippen LogP contribution is 2.29. The Morgan fingerprint density at radius 2 is 1.83 bits per heavy atom. The Hall–Kier alpha value is -2.64. The van der Waals surface area contributed by atoms with Crippen molar-refractivity contribution in [2.45, 2.75) is 33.2 Å². The molecule has 0 bridgehead atoms. The molecule has 3 aromatic heterocycles. The van der Waals surface area contributed by atoms with Crippen molar-refractivity contribution in [3.8, 4) is 10.6 Å². The minimum absolute atomic E-state index is 0.742. The molecule has 3 heterocycles. The number of benzene rings is 1. The highest BCUT2D eigenvalue weighted by molar-refractivity contribution is 7.15. The number of rotatable bonds is 8. The predicted molar refractivity (Wildman–Crippen MR) is 121 cm³/mol. The largest absolute Gasteiger partial charge is 0.335 e. The molecule has 1 aromatic carbocycles. The van der Waals surface area contributed by atoms with E-state index in [4.69, 9.17) is 4.98 Å². The van der Waals surface area contributed by atoms with Gasteiger partial charge in [-0.2, -0.15) is 0 Å². The van der Waals surface area contributed by atoms with Gasteiger partial charge in [-0.3, -0.25) is 0 Å². The first-order valence-electron chi connectivity index (χ1n) is 9.67. The third-order valence-corrected chi connectivity index (χ3v) is 6.58. The number of aryl methyl sites for hydroxylation is 2. The van der Waals surface area contributed by atoms with Gasteiger partial charge in [0, 0.05) is 41.2 Å². The molecule has 0 spiro atoms. The summed E-state index contributed by atoms with van der Waals surface area (Å²) >= 11 is 3.38. The summed E-state index contributed by atoms with van der Waals surface area (Å²) in [6.07, 6.45) is 5.65. The summed E-state index contributed by atoms with van der Waals surface area (Å²) in [4.78, 5) is 21.9. The SMILES string of the molecule is CCc1cnc(N(CCc2cscn2)Cc2sc(-c3ccccc3)nc2C)nc1. The second-order valence-corrected chi connectivity index (χ2v) is 8.59. The molecule has 7 heteroatoms. The van der Waals surface area contributed by atoms with Gasteiger partial charge in [-0.1, -0.05) is 37.3 Å². The van der Waals surface area contributed by atoms with Crippen LogP contribution in [-0.2, 0) is 19.4 Å². The lowest BCUT2D eigenvalue weighted by Gasteiger charge is -2.22. The fraction of sp³-hybridized carbons (Fsp3) is 0.273. The fourth-order valence-electron chi connectivity index (χ4n) is 3.01. The lowest BCUT2D eigenvalue weighted by molar-refractivity contribution is 0.745. The van der Waals surface area contributed by atoms with Crippen LogP contribution in [0.25, 0.3) is 10.6 Å². The van der Waals surface area contributed by atoms with Gasteiger partial charge >= 0.3 is 0 Å². The van der Waals surface area contributed by atoms with Gasteiger partial charge in [-0.25, -0.2) is 19.9 Å². The summed E-state index contributed by atoms with van der Waals surface area (Å²) in [5.41, 5.74) is 6.36. The van der Waals surface area contributed by atoms with Crippen molar-refractivity contribution in [3.05, 3.63) is 75.4 Å². The lowest BCUT2D eigenvalue weighted by Crippen LogP contribution is -2.27. The Bertz CT molecular complexity index is 1030. The van der Waals surface area contributed by atoms with Crippen molar-refractivity contribution in [1.82, 2.24) is 19.9 Å². The van der Waals surface area contributed by atoms with Gasteiger partial charge in [0.15, 0.2) is 0 Å². The summed E-state index contributed by atoms with van der Waals surface area (Å²) in [6.45, 7) is 5.75. The smallest absolute Gasteiger partial charge is 0.225 e. The standard InChI is InChI=1S/C22H23N5S2/c1-3-17-11-23-22(24-12-17)27(10-9-19-14-28-15-25-19)13-20-16(2)26-21(29-20)18-7-5-4-6-8-18/h4-8,11-12,14-15H,3,9-10,13H2,1-2H3. The Morgan fingerprint density at radius 3 is 2.52 bits per heavy atom. The van der Waals surface area contributed by atoms with Gasteiger partial charge in [-0.05, 0) is 18.9 Å². The average molecular weight is 422 g/mol. The Kier molecular flexibility index (Phi) is 6.27. The molecule has 0 aliphatic carbocycles. The van der Waals surface area contributed by atoms with Gasteiger partial charge in [0.25, 0.3) is 0 Å². The molecule has 29 heavy (non-hydrogen) atoms. The van der Waals surface area contributed by atoms with Crippen LogP contribution in [-0.4, -0.2) is 26.5 Å². The van der Waals surface area contributed by atoms with Gasteiger partial charge in [0.05, 0.1) is 23.4 Å². The number of anilines is 1. The lowest BCUT2D eigenvalue weighted by atomic mass is 10.2. The van der Waals surface area contributed by atoms with Crippen LogP contribution in [0, 0.1) is 6.92 Å². The van der Waals surface area contributed by atoms with Crippen LogP contribution < -0.4 is 4.90 Å². The van der Waals surface area contributed by atoms with E-state index in [1.807, 2.05) is 24.0 Å². The van der Waals surface area contributed by atoms with Crippen LogP contribution >= 0.6 is 22.7 Å². The highest BCUT2D eigenvalue weighted by Gasteiger charge is 2.16. The second-order valence-electron chi connectivity index (χ2n) is 6.79. The average Bonchev–Trinajstić information content (AvgIpc) is 3.42. The molecule has 0 amide bonds. The van der Waals surface area contributed by atoms with Crippen molar-refractivity contribution in [1.29, 1.82) is 0 Å². The summed E-state index contributed by atoms with van der Waals surface area (Å²) < 4.78 is 0. The molecule has 0 aliphatic heterocycles. The van der Waals surface area contributed by atoms with E-state index in [1.165, 1.54) is 4.88 Å². The fourth-order valence-corrected chi connectivity index (χ4v) is 4.68. The van der Waals surface area contributed by atoms with Gasteiger partial charge in [0.1, 0.15) is 5.01 Å². The molecular formula is C22H23N5S2. The van der Waals surface area contributed by atoms with Crippen molar-refractivity contribution in [2.24, 2.45) is 0 Å². The van der Waals surface area contributed by atoms with E-state index in [2.05, 4.69) is 63.3 Å². The van der Waals surface area contributed by atoms with E-state index in [9.17, 15) is 0 Å². The summed E-state index contributed by atoms with van der Waals surface area (Å²) in [5, 5.41) is 3.16. The third kappa shape index (κ3) is 4.86. The van der Waals surface area contributed by atoms with Crippen molar-refractivity contribution in [2.75, 3.05) is 11.4 Å². The van der Waals surface area contributed by atoms with E-state index in [0.717, 1.165) is 59.4 Å². The number of nitrogens with zero attached hydrogens (tertiary/aromatic N) is 5. The molecule has 148 valence electrons. The Labute approximate surface area is 179 Å². The predicted octanol–water partition coefficient (Wildman–Crippen LogP) is 5.18. The molecule has 4 aromatic rings. The minimum Gasteiger partial charge on any atom is -0.335 e. The molecule has 4 rings (SSSR count). The van der Waals surface area contributed by atoms with Crippen LogP contribution in [0.5, 0.6) is 0 Å². The summed E-state index contributed by atoms with van der Waals surface area (Å²) in [5.74, 6) is 0.756. The number of thiazole rings is 2. The van der Waals surface area contributed by atoms with Gasteiger partial charge < -0.3 is 4.90 Å². The van der Waals surface area contributed by atoms with Crippen LogP contribution in [0.4, 0.5) is 5.95 Å². The van der Waals surface area contributed by atoms with Crippen LogP contribution in [0.3, 0.4) is 0 Å². The van der Waals surface area contributed by atoms with Crippen LogP contribution in [0.15, 0.2) is 53.6 Å². The molecule has 5 nitrogen and oxygen atoms in total. The monoisotopic (exact) mass is 421 g/mol. The maximum Gasteiger partial charge on any atom is 0.225 e. The second kappa shape index (κ2) is 9.24. The topological polar surface area (TPSA) is 54.8 Å². The Balaban J connectivity index is 1.58. The van der Waals surface area contributed by atoms with E-state index < -0.39 is 0 Å². The molecule has 0 saturated heterocycles. The highest BCUT2D eigenvalue weighted by atomic mass is 32.1. The molecule has 0 radical (unpaired) electrons. The normalized spacial score (nSPS) is 11.0. The van der Waals surface area contributed by atoms with E-state index in [1.54, 1.807) is 22.7 Å². The summed E-state index contributed by atoms with van der Waals surface area (Å²) in [7, 11) is 0. The van der Waals surface area contributed by atoms with Crippen LogP contribution in [0.2, 0.25) is 0 Å². The zero-order valence-electron chi connectivity index (χ0n) is 16.6. The van der Waals surface area contributed by atoms with Gasteiger partial charge in [0.2, 0.25) is 5.95 Å². The van der Waals surface area contributed by atoms with E-state index >= 15 is 0 Å². The molecule has 0 unspecified atom stereocenters. The first-order valence-corrected chi connectivity index (χ1v) is 11.4. The molecule has 0 aliphatic rings. The zero-order chi connectivity index (χ0) is 20.1. The molecule has 0 N–H and O–H groups in total. The van der Waals surface area contributed by atoms with Crippen molar-refractivity contribution in [3.63, 3.8) is 0 Å². The quantitative estimate of drug-likeness (QED) is 0.392.